The molecule has 7 heteroatoms. The highest BCUT2D eigenvalue weighted by atomic mass is 32.2. The van der Waals surface area contributed by atoms with Crippen molar-refractivity contribution < 1.29 is 9.32 Å². The minimum atomic E-state index is -0.155. The fourth-order valence-corrected chi connectivity index (χ4v) is 2.78. The minimum Gasteiger partial charge on any atom is -0.338 e. The van der Waals surface area contributed by atoms with Gasteiger partial charge in [0.1, 0.15) is 0 Å². The molecule has 0 spiro atoms. The summed E-state index contributed by atoms with van der Waals surface area (Å²) in [5.41, 5.74) is 3.86. The monoisotopic (exact) mass is 330 g/mol. The third-order valence-corrected chi connectivity index (χ3v) is 4.21. The lowest BCUT2D eigenvalue weighted by molar-refractivity contribution is -0.113. The lowest BCUT2D eigenvalue weighted by atomic mass is 10.1. The average Bonchev–Trinajstić information content (AvgIpc) is 3.11. The first-order chi connectivity index (χ1) is 11.0. The fraction of sp³-hybridized carbons (Fsp3) is 0.312. The van der Waals surface area contributed by atoms with Gasteiger partial charge >= 0.3 is 0 Å². The van der Waals surface area contributed by atoms with Crippen molar-refractivity contribution in [3.63, 3.8) is 0 Å². The van der Waals surface area contributed by atoms with Crippen molar-refractivity contribution in [1.82, 2.24) is 15.1 Å². The van der Waals surface area contributed by atoms with Crippen LogP contribution in [0.15, 0.2) is 33.9 Å². The van der Waals surface area contributed by atoms with Gasteiger partial charge in [-0.2, -0.15) is 0 Å². The predicted octanol–water partition coefficient (Wildman–Crippen LogP) is 3.71. The fourth-order valence-electron chi connectivity index (χ4n) is 2.10. The van der Waals surface area contributed by atoms with Gasteiger partial charge in [-0.15, -0.1) is 0 Å². The van der Waals surface area contributed by atoms with Gasteiger partial charge in [0.2, 0.25) is 11.8 Å². The number of H-pyrrole nitrogens is 1. The zero-order valence-corrected chi connectivity index (χ0v) is 14.0. The molecule has 0 unspecified atom stereocenters. The lowest BCUT2D eigenvalue weighted by Crippen LogP contribution is -2.13. The first kappa shape index (κ1) is 15.6. The van der Waals surface area contributed by atoms with Crippen LogP contribution in [0, 0.1) is 6.92 Å². The van der Waals surface area contributed by atoms with Crippen molar-refractivity contribution >= 4 is 34.6 Å². The van der Waals surface area contributed by atoms with Crippen LogP contribution >= 0.6 is 11.8 Å². The summed E-state index contributed by atoms with van der Waals surface area (Å²) < 4.78 is 5.10. The summed E-state index contributed by atoms with van der Waals surface area (Å²) in [7, 11) is 0. The Morgan fingerprint density at radius 1 is 1.39 bits per heavy atom. The van der Waals surface area contributed by atoms with Gasteiger partial charge in [-0.3, -0.25) is 10.1 Å². The summed E-state index contributed by atoms with van der Waals surface area (Å²) in [4.78, 5) is 19.6. The van der Waals surface area contributed by atoms with Crippen molar-refractivity contribution in [2.75, 3.05) is 11.1 Å². The van der Waals surface area contributed by atoms with Crippen LogP contribution in [-0.2, 0) is 4.79 Å². The maximum absolute atomic E-state index is 12.0. The van der Waals surface area contributed by atoms with Crippen LogP contribution < -0.4 is 5.32 Å². The molecule has 2 aromatic heterocycles. The van der Waals surface area contributed by atoms with E-state index in [0.29, 0.717) is 5.88 Å². The van der Waals surface area contributed by atoms with E-state index in [2.05, 4.69) is 20.4 Å². The Balaban J connectivity index is 1.59. The third-order valence-electron chi connectivity index (χ3n) is 3.34. The molecule has 2 N–H and O–H groups in total. The Bertz CT molecular complexity index is 838. The Morgan fingerprint density at radius 2 is 2.22 bits per heavy atom. The van der Waals surface area contributed by atoms with Gasteiger partial charge in [0, 0.05) is 6.07 Å². The molecule has 0 saturated heterocycles. The molecule has 0 saturated carbocycles. The standard InChI is InChI=1S/C16H18N4O2S/c1-9(2)12-7-15(22-20-12)19-14(21)8-23-16-17-11-5-4-10(3)6-13(11)18-16/h4-7,9H,8H2,1-3H3,(H,17,18)(H,19,21). The average molecular weight is 330 g/mol. The smallest absolute Gasteiger partial charge is 0.237 e. The number of anilines is 1. The first-order valence-corrected chi connectivity index (χ1v) is 8.35. The summed E-state index contributed by atoms with van der Waals surface area (Å²) in [6.07, 6.45) is 0. The highest BCUT2D eigenvalue weighted by Crippen LogP contribution is 2.21. The number of thioether (sulfide) groups is 1. The van der Waals surface area contributed by atoms with Gasteiger partial charge in [-0.05, 0) is 30.5 Å². The second kappa shape index (κ2) is 6.45. The van der Waals surface area contributed by atoms with Crippen LogP contribution in [0.4, 0.5) is 5.88 Å². The maximum Gasteiger partial charge on any atom is 0.237 e. The SMILES string of the molecule is Cc1ccc2nc(SCC(=O)Nc3cc(C(C)C)no3)[nH]c2c1. The van der Waals surface area contributed by atoms with E-state index in [0.717, 1.165) is 21.9 Å². The number of nitrogens with one attached hydrogen (secondary N) is 2. The number of hydrogen-bond acceptors (Lipinski definition) is 5. The molecule has 0 aliphatic heterocycles. The quantitative estimate of drug-likeness (QED) is 0.697. The number of fused-ring (bicyclic) bond motifs is 1. The van der Waals surface area contributed by atoms with E-state index >= 15 is 0 Å². The van der Waals surface area contributed by atoms with E-state index in [1.807, 2.05) is 39.0 Å². The summed E-state index contributed by atoms with van der Waals surface area (Å²) in [5, 5.41) is 7.33. The summed E-state index contributed by atoms with van der Waals surface area (Å²) >= 11 is 1.35. The number of nitrogens with zero attached hydrogens (tertiary/aromatic N) is 2. The second-order valence-corrected chi connectivity index (χ2v) is 6.63. The van der Waals surface area contributed by atoms with E-state index in [1.54, 1.807) is 6.07 Å². The van der Waals surface area contributed by atoms with Gasteiger partial charge in [-0.25, -0.2) is 4.98 Å². The normalized spacial score (nSPS) is 11.3. The van der Waals surface area contributed by atoms with Gasteiger partial charge in [-0.1, -0.05) is 36.8 Å². The van der Waals surface area contributed by atoms with E-state index < -0.39 is 0 Å². The molecule has 0 atom stereocenters. The summed E-state index contributed by atoms with van der Waals surface area (Å²) in [6.45, 7) is 6.06. The summed E-state index contributed by atoms with van der Waals surface area (Å²) in [6, 6.07) is 7.76. The molecule has 0 radical (unpaired) electrons. The van der Waals surface area contributed by atoms with E-state index in [4.69, 9.17) is 4.52 Å². The topological polar surface area (TPSA) is 83.8 Å². The van der Waals surface area contributed by atoms with Crippen LogP contribution in [0.25, 0.3) is 11.0 Å². The molecular weight excluding hydrogens is 312 g/mol. The number of hydrogen-bond donors (Lipinski definition) is 2. The molecule has 0 aliphatic rings. The number of carbonyl (C=O) groups excluding carboxylic acids is 1. The largest absolute Gasteiger partial charge is 0.338 e. The molecule has 1 amide bonds. The number of imidazole rings is 1. The first-order valence-electron chi connectivity index (χ1n) is 7.37. The number of carbonyl (C=O) groups is 1. The van der Waals surface area contributed by atoms with Crippen molar-refractivity contribution in [3.8, 4) is 0 Å². The summed E-state index contributed by atoms with van der Waals surface area (Å²) in [5.74, 6) is 0.728. The van der Waals surface area contributed by atoms with Gasteiger partial charge < -0.3 is 9.51 Å². The van der Waals surface area contributed by atoms with Gasteiger partial charge in [0.05, 0.1) is 22.5 Å². The molecule has 0 fully saturated rings. The van der Waals surface area contributed by atoms with Crippen LogP contribution in [0.2, 0.25) is 0 Å². The number of aryl methyl sites for hydroxylation is 1. The van der Waals surface area contributed by atoms with Crippen LogP contribution in [0.5, 0.6) is 0 Å². The zero-order valence-electron chi connectivity index (χ0n) is 13.2. The van der Waals surface area contributed by atoms with E-state index in [-0.39, 0.29) is 17.6 Å². The van der Waals surface area contributed by atoms with Crippen molar-refractivity contribution in [1.29, 1.82) is 0 Å². The van der Waals surface area contributed by atoms with Gasteiger partial charge in [0.15, 0.2) is 5.16 Å². The van der Waals surface area contributed by atoms with Crippen molar-refractivity contribution in [2.45, 2.75) is 31.8 Å². The lowest BCUT2D eigenvalue weighted by Gasteiger charge is -1.99. The predicted molar refractivity (Wildman–Crippen MR) is 90.8 cm³/mol. The Labute approximate surface area is 138 Å². The molecule has 6 nitrogen and oxygen atoms in total. The number of benzene rings is 1. The number of aromatic nitrogens is 3. The van der Waals surface area contributed by atoms with E-state index in [9.17, 15) is 4.79 Å². The highest BCUT2D eigenvalue weighted by Gasteiger charge is 2.12. The molecule has 2 heterocycles. The molecule has 1 aromatic carbocycles. The molecule has 120 valence electrons. The Hall–Kier alpha value is -2.28. The van der Waals surface area contributed by atoms with E-state index in [1.165, 1.54) is 17.3 Å². The van der Waals surface area contributed by atoms with Crippen molar-refractivity contribution in [2.24, 2.45) is 0 Å². The van der Waals surface area contributed by atoms with Gasteiger partial charge in [0.25, 0.3) is 0 Å². The van der Waals surface area contributed by atoms with Crippen LogP contribution in [0.1, 0.15) is 31.0 Å². The molecule has 0 bridgehead atoms. The maximum atomic E-state index is 12.0. The zero-order chi connectivity index (χ0) is 16.4. The molecular formula is C16H18N4O2S. The number of aromatic amines is 1. The Kier molecular flexibility index (Phi) is 4.38. The molecule has 3 aromatic rings. The molecule has 23 heavy (non-hydrogen) atoms. The number of rotatable bonds is 5. The molecule has 3 rings (SSSR count). The highest BCUT2D eigenvalue weighted by molar-refractivity contribution is 7.99. The third kappa shape index (κ3) is 3.73. The Morgan fingerprint density at radius 3 is 2.96 bits per heavy atom. The van der Waals surface area contributed by atoms with Crippen LogP contribution in [0.3, 0.4) is 0 Å². The minimum absolute atomic E-state index is 0.155. The molecule has 0 aliphatic carbocycles. The number of amides is 1. The second-order valence-electron chi connectivity index (χ2n) is 5.67. The van der Waals surface area contributed by atoms with Crippen LogP contribution in [-0.4, -0.2) is 26.8 Å². The van der Waals surface area contributed by atoms with Crippen molar-refractivity contribution in [3.05, 3.63) is 35.5 Å².